The lowest BCUT2D eigenvalue weighted by atomic mass is 10.0. The van der Waals surface area contributed by atoms with Gasteiger partial charge in [0.05, 0.1) is 22.5 Å². The van der Waals surface area contributed by atoms with E-state index in [1.165, 1.54) is 0 Å². The summed E-state index contributed by atoms with van der Waals surface area (Å²) >= 11 is 0. The Balaban J connectivity index is 1.85. The number of para-hydroxylation sites is 1. The van der Waals surface area contributed by atoms with Crippen LogP contribution in [0.1, 0.15) is 5.56 Å². The monoisotopic (exact) mass is 322 g/mol. The topological polar surface area (TPSA) is 61.6 Å². The Morgan fingerprint density at radius 3 is 2.48 bits per heavy atom. The van der Waals surface area contributed by atoms with Crippen LogP contribution in [0.2, 0.25) is 0 Å². The second-order valence-corrected chi connectivity index (χ2v) is 5.60. The second kappa shape index (κ2) is 6.42. The standard InChI is InChI=1S/C21H14N4/c22-13-16-14-24-20-12-15(19-8-4-5-11-23-19)9-10-18(20)21(16)25-17-6-2-1-3-7-17/h1-12,14H,(H,24,25). The Hall–Kier alpha value is -3.71. The van der Waals surface area contributed by atoms with Gasteiger partial charge < -0.3 is 5.32 Å². The van der Waals surface area contributed by atoms with Gasteiger partial charge in [0, 0.05) is 29.0 Å². The molecule has 4 rings (SSSR count). The first-order valence-electron chi connectivity index (χ1n) is 7.91. The van der Waals surface area contributed by atoms with E-state index < -0.39 is 0 Å². The van der Waals surface area contributed by atoms with Crippen molar-refractivity contribution in [2.75, 3.05) is 5.32 Å². The van der Waals surface area contributed by atoms with Crippen molar-refractivity contribution in [2.24, 2.45) is 0 Å². The number of hydrogen-bond donors (Lipinski definition) is 1. The first-order chi connectivity index (χ1) is 12.3. The number of rotatable bonds is 3. The fourth-order valence-electron chi connectivity index (χ4n) is 2.77. The number of nitrogens with one attached hydrogen (secondary N) is 1. The molecule has 118 valence electrons. The van der Waals surface area contributed by atoms with Crippen LogP contribution in [0, 0.1) is 11.3 Å². The van der Waals surface area contributed by atoms with Crippen LogP contribution in [0.15, 0.2) is 79.1 Å². The summed E-state index contributed by atoms with van der Waals surface area (Å²) in [5, 5.41) is 13.7. The second-order valence-electron chi connectivity index (χ2n) is 5.60. The van der Waals surface area contributed by atoms with Gasteiger partial charge in [0.1, 0.15) is 6.07 Å². The third kappa shape index (κ3) is 2.91. The van der Waals surface area contributed by atoms with Gasteiger partial charge in [0.15, 0.2) is 0 Å². The molecule has 0 bridgehead atoms. The maximum Gasteiger partial charge on any atom is 0.103 e. The van der Waals surface area contributed by atoms with Crippen LogP contribution in [0.25, 0.3) is 22.2 Å². The van der Waals surface area contributed by atoms with Crippen molar-refractivity contribution in [3.8, 4) is 17.3 Å². The van der Waals surface area contributed by atoms with Crippen molar-refractivity contribution >= 4 is 22.3 Å². The van der Waals surface area contributed by atoms with Crippen molar-refractivity contribution in [3.05, 3.63) is 84.7 Å². The third-order valence-electron chi connectivity index (χ3n) is 3.99. The predicted molar refractivity (Wildman–Crippen MR) is 99.4 cm³/mol. The summed E-state index contributed by atoms with van der Waals surface area (Å²) in [7, 11) is 0. The quantitative estimate of drug-likeness (QED) is 0.582. The molecule has 2 aromatic heterocycles. The van der Waals surface area contributed by atoms with Crippen molar-refractivity contribution in [1.82, 2.24) is 9.97 Å². The van der Waals surface area contributed by atoms with E-state index in [0.29, 0.717) is 5.56 Å². The van der Waals surface area contributed by atoms with E-state index in [1.54, 1.807) is 12.4 Å². The van der Waals surface area contributed by atoms with Gasteiger partial charge in [0.25, 0.3) is 0 Å². The lowest BCUT2D eigenvalue weighted by Crippen LogP contribution is -1.97. The molecular formula is C21H14N4. The van der Waals surface area contributed by atoms with Crippen molar-refractivity contribution < 1.29 is 0 Å². The molecule has 0 aliphatic heterocycles. The van der Waals surface area contributed by atoms with E-state index in [9.17, 15) is 5.26 Å². The maximum atomic E-state index is 9.45. The minimum Gasteiger partial charge on any atom is -0.354 e. The molecule has 4 heteroatoms. The molecule has 0 spiro atoms. The highest BCUT2D eigenvalue weighted by Crippen LogP contribution is 2.31. The molecule has 4 aromatic rings. The van der Waals surface area contributed by atoms with Crippen molar-refractivity contribution in [1.29, 1.82) is 5.26 Å². The number of aromatic nitrogens is 2. The summed E-state index contributed by atoms with van der Waals surface area (Å²) in [5.41, 5.74) is 4.93. The molecule has 0 fully saturated rings. The summed E-state index contributed by atoms with van der Waals surface area (Å²) < 4.78 is 0. The van der Waals surface area contributed by atoms with E-state index in [4.69, 9.17) is 0 Å². The molecule has 0 atom stereocenters. The zero-order chi connectivity index (χ0) is 17.1. The largest absolute Gasteiger partial charge is 0.354 e. The fraction of sp³-hybridized carbons (Fsp3) is 0. The highest BCUT2D eigenvalue weighted by Gasteiger charge is 2.10. The summed E-state index contributed by atoms with van der Waals surface area (Å²) in [6.45, 7) is 0. The zero-order valence-electron chi connectivity index (χ0n) is 13.3. The summed E-state index contributed by atoms with van der Waals surface area (Å²) in [6, 6.07) is 23.8. The molecule has 0 unspecified atom stereocenters. The van der Waals surface area contributed by atoms with Gasteiger partial charge in [-0.05, 0) is 36.4 Å². The Morgan fingerprint density at radius 2 is 1.72 bits per heavy atom. The number of anilines is 2. The smallest absolute Gasteiger partial charge is 0.103 e. The normalized spacial score (nSPS) is 10.4. The number of fused-ring (bicyclic) bond motifs is 1. The van der Waals surface area contributed by atoms with E-state index in [1.807, 2.05) is 66.7 Å². The first kappa shape index (κ1) is 14.9. The SMILES string of the molecule is N#Cc1cnc2cc(-c3ccccn3)ccc2c1Nc1ccccc1. The third-order valence-corrected chi connectivity index (χ3v) is 3.99. The van der Waals surface area contributed by atoms with Crippen LogP contribution in [-0.4, -0.2) is 9.97 Å². The molecular weight excluding hydrogens is 308 g/mol. The molecule has 0 saturated carbocycles. The maximum absolute atomic E-state index is 9.45. The fourth-order valence-corrected chi connectivity index (χ4v) is 2.77. The predicted octanol–water partition coefficient (Wildman–Crippen LogP) is 4.91. The van der Waals surface area contributed by atoms with Crippen LogP contribution < -0.4 is 5.32 Å². The zero-order valence-corrected chi connectivity index (χ0v) is 13.3. The molecule has 25 heavy (non-hydrogen) atoms. The van der Waals surface area contributed by atoms with Gasteiger partial charge >= 0.3 is 0 Å². The minimum atomic E-state index is 0.516. The van der Waals surface area contributed by atoms with Gasteiger partial charge in [-0.15, -0.1) is 0 Å². The molecule has 0 aliphatic rings. The van der Waals surface area contributed by atoms with Crippen molar-refractivity contribution in [3.63, 3.8) is 0 Å². The van der Waals surface area contributed by atoms with Crippen LogP contribution in [-0.2, 0) is 0 Å². The molecule has 2 heterocycles. The Bertz CT molecular complexity index is 1070. The number of hydrogen-bond acceptors (Lipinski definition) is 4. The van der Waals surface area contributed by atoms with Gasteiger partial charge in [0.2, 0.25) is 0 Å². The lowest BCUT2D eigenvalue weighted by molar-refractivity contribution is 1.32. The minimum absolute atomic E-state index is 0.516. The molecule has 1 N–H and O–H groups in total. The van der Waals surface area contributed by atoms with Crippen LogP contribution >= 0.6 is 0 Å². The van der Waals surface area contributed by atoms with E-state index in [0.717, 1.165) is 33.5 Å². The highest BCUT2D eigenvalue weighted by atomic mass is 14.9. The molecule has 0 radical (unpaired) electrons. The lowest BCUT2D eigenvalue weighted by Gasteiger charge is -2.12. The van der Waals surface area contributed by atoms with Gasteiger partial charge in [-0.1, -0.05) is 30.3 Å². The van der Waals surface area contributed by atoms with Gasteiger partial charge in [-0.25, -0.2) is 0 Å². The summed E-state index contributed by atoms with van der Waals surface area (Å²) in [4.78, 5) is 8.83. The van der Waals surface area contributed by atoms with Gasteiger partial charge in [-0.3, -0.25) is 9.97 Å². The van der Waals surface area contributed by atoms with E-state index >= 15 is 0 Å². The first-order valence-corrected chi connectivity index (χ1v) is 7.91. The molecule has 0 aliphatic carbocycles. The number of nitrogens with zero attached hydrogens (tertiary/aromatic N) is 3. The summed E-state index contributed by atoms with van der Waals surface area (Å²) in [5.74, 6) is 0. The number of benzene rings is 2. The average molecular weight is 322 g/mol. The molecule has 0 amide bonds. The van der Waals surface area contributed by atoms with Crippen LogP contribution in [0.3, 0.4) is 0 Å². The van der Waals surface area contributed by atoms with Crippen LogP contribution in [0.5, 0.6) is 0 Å². The Morgan fingerprint density at radius 1 is 0.880 bits per heavy atom. The van der Waals surface area contributed by atoms with Crippen molar-refractivity contribution in [2.45, 2.75) is 0 Å². The highest BCUT2D eigenvalue weighted by molar-refractivity contribution is 5.97. The molecule has 4 nitrogen and oxygen atoms in total. The summed E-state index contributed by atoms with van der Waals surface area (Å²) in [6.07, 6.45) is 3.38. The molecule has 2 aromatic carbocycles. The average Bonchev–Trinajstić information content (AvgIpc) is 2.69. The van der Waals surface area contributed by atoms with E-state index in [2.05, 4.69) is 21.4 Å². The Kier molecular flexibility index (Phi) is 3.82. The van der Waals surface area contributed by atoms with Gasteiger partial charge in [-0.2, -0.15) is 5.26 Å². The number of pyridine rings is 2. The molecule has 0 saturated heterocycles. The van der Waals surface area contributed by atoms with Crippen LogP contribution in [0.4, 0.5) is 11.4 Å². The van der Waals surface area contributed by atoms with E-state index in [-0.39, 0.29) is 0 Å². The number of nitriles is 1. The Labute approximate surface area is 145 Å².